The maximum atomic E-state index is 11.6. The van der Waals surface area contributed by atoms with Gasteiger partial charge in [0.1, 0.15) is 0 Å². The lowest BCUT2D eigenvalue weighted by atomic mass is 10.1. The van der Waals surface area contributed by atoms with Crippen molar-refractivity contribution in [3.63, 3.8) is 0 Å². The molecule has 1 aliphatic heterocycles. The van der Waals surface area contributed by atoms with Crippen LogP contribution in [0.5, 0.6) is 0 Å². The molecular weight excluding hydrogens is 437 g/mol. The first kappa shape index (κ1) is 21.4. The van der Waals surface area contributed by atoms with Gasteiger partial charge in [0.25, 0.3) is 0 Å². The van der Waals surface area contributed by atoms with Crippen molar-refractivity contribution in [2.24, 2.45) is 10.7 Å². The number of aliphatic hydroxyl groups is 1. The number of amides is 1. The number of hydrogen-bond acceptors (Lipinski definition) is 5. The van der Waals surface area contributed by atoms with E-state index in [1.807, 2.05) is 0 Å². The lowest BCUT2D eigenvalue weighted by molar-refractivity contribution is 0.0963. The molecule has 2 heterocycles. The van der Waals surface area contributed by atoms with Crippen LogP contribution in [-0.4, -0.2) is 59.3 Å². The Morgan fingerprint density at radius 1 is 1.48 bits per heavy atom. The van der Waals surface area contributed by atoms with Crippen LogP contribution >= 0.6 is 24.0 Å². The highest BCUT2D eigenvalue weighted by molar-refractivity contribution is 14.0. The van der Waals surface area contributed by atoms with Gasteiger partial charge in [-0.25, -0.2) is 4.79 Å². The van der Waals surface area contributed by atoms with Crippen LogP contribution in [0.2, 0.25) is 0 Å². The first-order valence-corrected chi connectivity index (χ1v) is 8.16. The number of rotatable bonds is 5. The highest BCUT2D eigenvalue weighted by atomic mass is 127. The van der Waals surface area contributed by atoms with Crippen molar-refractivity contribution in [1.29, 1.82) is 0 Å². The molecule has 4 N–H and O–H groups in total. The van der Waals surface area contributed by atoms with Crippen molar-refractivity contribution in [2.45, 2.75) is 31.9 Å². The van der Waals surface area contributed by atoms with Crippen LogP contribution < -0.4 is 11.1 Å². The number of halogens is 1. The number of nitrogens with zero attached hydrogens (tertiary/aromatic N) is 3. The molecule has 140 valence electrons. The normalized spacial score (nSPS) is 16.7. The molecule has 0 spiro atoms. The third kappa shape index (κ3) is 7.02. The number of guanidine groups is 1. The molecule has 8 nitrogen and oxygen atoms in total. The van der Waals surface area contributed by atoms with Crippen molar-refractivity contribution in [3.8, 4) is 0 Å². The number of hydrogen-bond donors (Lipinski definition) is 3. The number of nitrogens with one attached hydrogen (secondary N) is 1. The Balaban J connectivity index is 0.00000312. The number of piperidine rings is 1. The van der Waals surface area contributed by atoms with Crippen LogP contribution in [0.3, 0.4) is 0 Å². The minimum absolute atomic E-state index is 0. The Bertz CT molecular complexity index is 550. The number of nitrogens with two attached hydrogens (primary N) is 1. The highest BCUT2D eigenvalue weighted by Gasteiger charge is 2.23. The minimum Gasteiger partial charge on any atom is -0.450 e. The van der Waals surface area contributed by atoms with E-state index in [2.05, 4.69) is 15.3 Å². The van der Waals surface area contributed by atoms with E-state index in [9.17, 15) is 9.90 Å². The summed E-state index contributed by atoms with van der Waals surface area (Å²) in [7, 11) is 0. The van der Waals surface area contributed by atoms with E-state index in [4.69, 9.17) is 10.5 Å². The highest BCUT2D eigenvalue weighted by Crippen LogP contribution is 2.12. The molecule has 1 saturated heterocycles. The van der Waals surface area contributed by atoms with Gasteiger partial charge in [0.2, 0.25) is 0 Å². The summed E-state index contributed by atoms with van der Waals surface area (Å²) in [5, 5.41) is 13.2. The molecule has 0 radical (unpaired) electrons. The molecule has 1 atom stereocenters. The van der Waals surface area contributed by atoms with E-state index < -0.39 is 6.10 Å². The number of ether oxygens (including phenoxy) is 1. The molecule has 0 bridgehead atoms. The Kier molecular flexibility index (Phi) is 9.50. The molecule has 2 rings (SSSR count). The van der Waals surface area contributed by atoms with Crippen molar-refractivity contribution >= 4 is 36.0 Å². The number of likely N-dealkylation sites (tertiary alicyclic amines) is 1. The Labute approximate surface area is 164 Å². The molecule has 1 unspecified atom stereocenters. The minimum atomic E-state index is -0.709. The van der Waals surface area contributed by atoms with Gasteiger partial charge in [-0.2, -0.15) is 0 Å². The molecule has 1 aliphatic rings. The Hall–Kier alpha value is -1.62. The van der Waals surface area contributed by atoms with E-state index in [0.29, 0.717) is 25.7 Å². The summed E-state index contributed by atoms with van der Waals surface area (Å²) in [6.45, 7) is 3.62. The zero-order valence-corrected chi connectivity index (χ0v) is 16.6. The molecular formula is C16H26IN5O3. The van der Waals surface area contributed by atoms with Crippen LogP contribution in [-0.2, 0) is 4.74 Å². The quantitative estimate of drug-likeness (QED) is 0.344. The molecule has 0 aliphatic carbocycles. The van der Waals surface area contributed by atoms with E-state index >= 15 is 0 Å². The van der Waals surface area contributed by atoms with Crippen LogP contribution in [0, 0.1) is 0 Å². The van der Waals surface area contributed by atoms with Crippen LogP contribution in [0.4, 0.5) is 4.79 Å². The Morgan fingerprint density at radius 2 is 2.12 bits per heavy atom. The molecule has 0 aromatic carbocycles. The standard InChI is InChI=1S/C16H25N5O3.HI/c1-2-24-16(23)21-9-5-13(6-10-21)20-15(17)19-11-14(22)12-3-7-18-8-4-12;/h3-4,7-8,13-14,22H,2,5-6,9-11H2,1H3,(H3,17,19,20);1H. The second-order valence-electron chi connectivity index (χ2n) is 5.63. The molecule has 25 heavy (non-hydrogen) atoms. The van der Waals surface area contributed by atoms with Gasteiger partial charge in [-0.15, -0.1) is 24.0 Å². The number of aliphatic imine (C=N–C) groups is 1. The summed E-state index contributed by atoms with van der Waals surface area (Å²) in [4.78, 5) is 21.4. The smallest absolute Gasteiger partial charge is 0.409 e. The topological polar surface area (TPSA) is 113 Å². The van der Waals surface area contributed by atoms with Crippen molar-refractivity contribution < 1.29 is 14.6 Å². The van der Waals surface area contributed by atoms with Gasteiger partial charge in [-0.1, -0.05) is 0 Å². The van der Waals surface area contributed by atoms with E-state index in [1.165, 1.54) is 0 Å². The zero-order valence-electron chi connectivity index (χ0n) is 14.3. The van der Waals surface area contributed by atoms with Crippen molar-refractivity contribution in [2.75, 3.05) is 26.2 Å². The summed E-state index contributed by atoms with van der Waals surface area (Å²) in [6, 6.07) is 3.65. The van der Waals surface area contributed by atoms with Gasteiger partial charge in [-0.05, 0) is 37.5 Å². The van der Waals surface area contributed by atoms with Gasteiger partial charge in [-0.3, -0.25) is 9.98 Å². The number of carbonyl (C=O) groups is 1. The van der Waals surface area contributed by atoms with Gasteiger partial charge < -0.3 is 25.8 Å². The van der Waals surface area contributed by atoms with E-state index in [-0.39, 0.29) is 42.7 Å². The summed E-state index contributed by atoms with van der Waals surface area (Å²) in [6.07, 6.45) is 3.84. The molecule has 0 saturated carbocycles. The van der Waals surface area contributed by atoms with Crippen LogP contribution in [0.1, 0.15) is 31.4 Å². The van der Waals surface area contributed by atoms with E-state index in [1.54, 1.807) is 36.4 Å². The lowest BCUT2D eigenvalue weighted by Gasteiger charge is -2.31. The maximum absolute atomic E-state index is 11.6. The van der Waals surface area contributed by atoms with Gasteiger partial charge in [0.15, 0.2) is 5.96 Å². The average molecular weight is 463 g/mol. The Morgan fingerprint density at radius 3 is 2.72 bits per heavy atom. The number of aromatic nitrogens is 1. The molecule has 1 aromatic heterocycles. The zero-order chi connectivity index (χ0) is 17.4. The summed E-state index contributed by atoms with van der Waals surface area (Å²) >= 11 is 0. The van der Waals surface area contributed by atoms with Crippen molar-refractivity contribution in [3.05, 3.63) is 30.1 Å². The monoisotopic (exact) mass is 463 g/mol. The number of pyridine rings is 1. The van der Waals surface area contributed by atoms with Crippen LogP contribution in [0.25, 0.3) is 0 Å². The fourth-order valence-electron chi connectivity index (χ4n) is 2.55. The molecule has 1 fully saturated rings. The van der Waals surface area contributed by atoms with Gasteiger partial charge in [0, 0.05) is 31.5 Å². The number of carbonyl (C=O) groups excluding carboxylic acids is 1. The van der Waals surface area contributed by atoms with Crippen LogP contribution in [0.15, 0.2) is 29.5 Å². The van der Waals surface area contributed by atoms with Crippen molar-refractivity contribution in [1.82, 2.24) is 15.2 Å². The summed E-state index contributed by atoms with van der Waals surface area (Å²) < 4.78 is 4.99. The van der Waals surface area contributed by atoms with Gasteiger partial charge in [0.05, 0.1) is 19.3 Å². The third-order valence-electron chi connectivity index (χ3n) is 3.90. The fourth-order valence-corrected chi connectivity index (χ4v) is 2.55. The fraction of sp³-hybridized carbons (Fsp3) is 0.562. The van der Waals surface area contributed by atoms with E-state index in [0.717, 1.165) is 18.4 Å². The predicted octanol–water partition coefficient (Wildman–Crippen LogP) is 1.26. The predicted molar refractivity (Wildman–Crippen MR) is 106 cm³/mol. The average Bonchev–Trinajstić information content (AvgIpc) is 2.61. The second kappa shape index (κ2) is 11.1. The second-order valence-corrected chi connectivity index (χ2v) is 5.63. The first-order chi connectivity index (χ1) is 11.6. The third-order valence-corrected chi connectivity index (χ3v) is 3.90. The first-order valence-electron chi connectivity index (χ1n) is 8.16. The van der Waals surface area contributed by atoms with Gasteiger partial charge >= 0.3 is 6.09 Å². The SMILES string of the molecule is CCOC(=O)N1CCC(NC(N)=NCC(O)c2ccncc2)CC1.I. The lowest BCUT2D eigenvalue weighted by Crippen LogP contribution is -2.48. The molecule has 9 heteroatoms. The molecule has 1 aromatic rings. The molecule has 1 amide bonds. The number of aliphatic hydroxyl groups excluding tert-OH is 1. The largest absolute Gasteiger partial charge is 0.450 e. The summed E-state index contributed by atoms with van der Waals surface area (Å²) in [5.41, 5.74) is 6.64. The summed E-state index contributed by atoms with van der Waals surface area (Å²) in [5.74, 6) is 0.303. The maximum Gasteiger partial charge on any atom is 0.409 e.